The van der Waals surface area contributed by atoms with Gasteiger partial charge in [0.25, 0.3) is 5.91 Å². The van der Waals surface area contributed by atoms with Crippen LogP contribution in [0, 0.1) is 0 Å². The maximum atomic E-state index is 13.6. The first-order chi connectivity index (χ1) is 18.9. The van der Waals surface area contributed by atoms with Gasteiger partial charge in [0.2, 0.25) is 0 Å². The average molecular weight is 553 g/mol. The molecule has 1 aliphatic heterocycles. The first-order valence-corrected chi connectivity index (χ1v) is 15.2. The molecule has 0 unspecified atom stereocenters. The zero-order chi connectivity index (χ0) is 27.7. The van der Waals surface area contributed by atoms with E-state index in [4.69, 9.17) is 0 Å². The van der Waals surface area contributed by atoms with Crippen molar-refractivity contribution in [3.63, 3.8) is 0 Å². The number of carbonyl (C=O) groups excluding carboxylic acids is 1. The number of nitrogens with zero attached hydrogens (tertiary/aromatic N) is 1. The summed E-state index contributed by atoms with van der Waals surface area (Å²) in [7, 11) is -2.94. The predicted octanol–water partition coefficient (Wildman–Crippen LogP) is 4.88. The molecule has 1 heterocycles. The first-order valence-electron chi connectivity index (χ1n) is 13.6. The maximum absolute atomic E-state index is 13.6. The molecule has 0 aromatic heterocycles. The van der Waals surface area contributed by atoms with Crippen LogP contribution >= 0.6 is 10.8 Å². The highest BCUT2D eigenvalue weighted by Crippen LogP contribution is 2.50. The van der Waals surface area contributed by atoms with Gasteiger partial charge < -0.3 is 21.1 Å². The van der Waals surface area contributed by atoms with Crippen molar-refractivity contribution in [1.29, 1.82) is 0 Å². The van der Waals surface area contributed by atoms with Crippen molar-refractivity contribution >= 4 is 28.1 Å². The molecule has 9 heteroatoms. The second-order valence-corrected chi connectivity index (χ2v) is 12.0. The maximum Gasteiger partial charge on any atom is 0.251 e. The minimum atomic E-state index is -2.94. The van der Waals surface area contributed by atoms with Crippen LogP contribution in [0.5, 0.6) is 0 Å². The third-order valence-corrected chi connectivity index (χ3v) is 8.77. The van der Waals surface area contributed by atoms with Crippen LogP contribution in [0.2, 0.25) is 0 Å². The monoisotopic (exact) mass is 552 g/mol. The molecule has 2 atom stereocenters. The summed E-state index contributed by atoms with van der Waals surface area (Å²) in [6.45, 7) is 4.06. The first kappa shape index (κ1) is 28.9. The third kappa shape index (κ3) is 8.20. The van der Waals surface area contributed by atoms with Crippen molar-refractivity contribution in [2.75, 3.05) is 35.0 Å². The minimum Gasteiger partial charge on any atom is -0.390 e. The number of carbonyl (C=O) groups is 1. The third-order valence-electron chi connectivity index (χ3n) is 6.84. The quantitative estimate of drug-likeness (QED) is 0.190. The van der Waals surface area contributed by atoms with Crippen molar-refractivity contribution in [2.24, 2.45) is 0 Å². The van der Waals surface area contributed by atoms with Gasteiger partial charge in [-0.1, -0.05) is 60.7 Å². The number of hydrogen-bond donors (Lipinski definition) is 6. The molecule has 1 fully saturated rings. The Morgan fingerprint density at radius 3 is 2.33 bits per heavy atom. The number of anilines is 2. The van der Waals surface area contributed by atoms with Crippen molar-refractivity contribution in [3.05, 3.63) is 95.6 Å². The zero-order valence-corrected chi connectivity index (χ0v) is 23.2. The van der Waals surface area contributed by atoms with Gasteiger partial charge in [-0.25, -0.2) is 0 Å². The van der Waals surface area contributed by atoms with E-state index >= 15 is 0 Å². The minimum absolute atomic E-state index is 0.310. The molecule has 0 spiro atoms. The Hall–Kier alpha value is -3.08. The molecule has 0 bridgehead atoms. The molecule has 0 saturated carbocycles. The van der Waals surface area contributed by atoms with Gasteiger partial charge in [0, 0.05) is 37.4 Å². The van der Waals surface area contributed by atoms with Gasteiger partial charge >= 0.3 is 0 Å². The van der Waals surface area contributed by atoms with Crippen molar-refractivity contribution in [2.45, 2.75) is 44.9 Å². The highest BCUT2D eigenvalue weighted by Gasteiger charge is 2.28. The number of amides is 1. The lowest BCUT2D eigenvalue weighted by atomic mass is 10.00. The Kier molecular flexibility index (Phi) is 10.2. The van der Waals surface area contributed by atoms with Gasteiger partial charge in [0.1, 0.15) is 0 Å². The topological polar surface area (TPSA) is 117 Å². The van der Waals surface area contributed by atoms with Crippen molar-refractivity contribution in [3.8, 4) is 0 Å². The van der Waals surface area contributed by atoms with E-state index < -0.39 is 22.9 Å². The Balaban J connectivity index is 1.53. The van der Waals surface area contributed by atoms with Crippen LogP contribution in [0.15, 0.2) is 78.9 Å². The van der Waals surface area contributed by atoms with Crippen LogP contribution < -0.4 is 20.3 Å². The molecule has 0 aliphatic carbocycles. The van der Waals surface area contributed by atoms with E-state index in [2.05, 4.69) is 16.0 Å². The van der Waals surface area contributed by atoms with Crippen LogP contribution in [0.1, 0.15) is 41.3 Å². The van der Waals surface area contributed by atoms with Crippen LogP contribution in [0.25, 0.3) is 0 Å². The average Bonchev–Trinajstić information content (AvgIpc) is 2.93. The van der Waals surface area contributed by atoms with E-state index in [1.54, 1.807) is 16.4 Å². The fourth-order valence-corrected chi connectivity index (χ4v) is 6.48. The summed E-state index contributed by atoms with van der Waals surface area (Å²) in [5.41, 5.74) is 3.85. The number of hydrogen-bond acceptors (Lipinski definition) is 7. The fraction of sp³-hybridized carbons (Fsp3) is 0.367. The zero-order valence-electron chi connectivity index (χ0n) is 22.4. The molecular formula is C30H40N4O4S. The number of aliphatic hydroxyl groups is 1. The largest absolute Gasteiger partial charge is 0.390 e. The van der Waals surface area contributed by atoms with Crippen LogP contribution in [0.4, 0.5) is 11.4 Å². The standard InChI is InChI=1S/C30H40N4O4S/c1-2-32-26-18-25(19-27(20-26)34-15-9-10-16-39(34,37)38)30(36)33-28(17-23-11-5-3-6-12-23)29(35)22-31-21-24-13-7-4-8-14-24/h3-8,11-14,18-20,28-29,31-32,35,37-38H,2,9-10,15-17,21-22H2,1H3,(H,33,36)/t28-,29-/m0/s1. The smallest absolute Gasteiger partial charge is 0.251 e. The van der Waals surface area contributed by atoms with Crippen LogP contribution in [-0.2, 0) is 13.0 Å². The highest BCUT2D eigenvalue weighted by atomic mass is 32.3. The van der Waals surface area contributed by atoms with Crippen LogP contribution in [-0.4, -0.2) is 57.7 Å². The lowest BCUT2D eigenvalue weighted by Crippen LogP contribution is -2.48. The number of benzene rings is 3. The van der Waals surface area contributed by atoms with E-state index in [1.165, 1.54) is 0 Å². The van der Waals surface area contributed by atoms with E-state index in [-0.39, 0.29) is 5.91 Å². The molecule has 1 saturated heterocycles. The van der Waals surface area contributed by atoms with Crippen molar-refractivity contribution < 1.29 is 19.0 Å². The number of nitrogens with one attached hydrogen (secondary N) is 3. The summed E-state index contributed by atoms with van der Waals surface area (Å²) >= 11 is 0. The summed E-state index contributed by atoms with van der Waals surface area (Å²) in [6, 6.07) is 24.5. The predicted molar refractivity (Wildman–Crippen MR) is 160 cm³/mol. The van der Waals surface area contributed by atoms with Crippen LogP contribution in [0.3, 0.4) is 0 Å². The summed E-state index contributed by atoms with van der Waals surface area (Å²) in [5, 5.41) is 20.8. The molecule has 3 aromatic carbocycles. The SMILES string of the molecule is CCNc1cc(C(=O)N[C@@H](Cc2ccccc2)[C@@H](O)CNCc2ccccc2)cc(N2CCCCS2(O)O)c1. The highest BCUT2D eigenvalue weighted by molar-refractivity contribution is 8.25. The summed E-state index contributed by atoms with van der Waals surface area (Å²) in [5.74, 6) is -0.00564. The summed E-state index contributed by atoms with van der Waals surface area (Å²) < 4.78 is 23.0. The Labute approximate surface area is 232 Å². The molecule has 6 N–H and O–H groups in total. The molecular weight excluding hydrogens is 512 g/mol. The van der Waals surface area contributed by atoms with E-state index in [9.17, 15) is 19.0 Å². The number of aliphatic hydroxyl groups excluding tert-OH is 1. The Morgan fingerprint density at radius 1 is 0.974 bits per heavy atom. The number of rotatable bonds is 12. The van der Waals surface area contributed by atoms with Gasteiger partial charge in [-0.15, -0.1) is 10.8 Å². The molecule has 3 aromatic rings. The van der Waals surface area contributed by atoms with Gasteiger partial charge in [-0.3, -0.25) is 18.2 Å². The van der Waals surface area contributed by atoms with Gasteiger partial charge in [-0.05, 0) is 55.5 Å². The molecule has 1 aliphatic rings. The second-order valence-electron chi connectivity index (χ2n) is 9.90. The lowest BCUT2D eigenvalue weighted by Gasteiger charge is -2.47. The molecule has 0 radical (unpaired) electrons. The van der Waals surface area contributed by atoms with E-state index in [0.29, 0.717) is 49.6 Å². The molecule has 210 valence electrons. The Bertz CT molecular complexity index is 1200. The van der Waals surface area contributed by atoms with E-state index in [1.807, 2.05) is 73.7 Å². The second kappa shape index (κ2) is 13.8. The van der Waals surface area contributed by atoms with Crippen molar-refractivity contribution in [1.82, 2.24) is 10.6 Å². The molecule has 39 heavy (non-hydrogen) atoms. The van der Waals surface area contributed by atoms with Gasteiger partial charge in [0.05, 0.1) is 23.6 Å². The van der Waals surface area contributed by atoms with Gasteiger partial charge in [-0.2, -0.15) is 0 Å². The fourth-order valence-electron chi connectivity index (χ4n) is 4.80. The normalized spacial score (nSPS) is 17.2. The van der Waals surface area contributed by atoms with E-state index in [0.717, 1.165) is 29.7 Å². The summed E-state index contributed by atoms with van der Waals surface area (Å²) in [4.78, 5) is 13.6. The van der Waals surface area contributed by atoms with Gasteiger partial charge in [0.15, 0.2) is 0 Å². The lowest BCUT2D eigenvalue weighted by molar-refractivity contribution is 0.0830. The molecule has 8 nitrogen and oxygen atoms in total. The Morgan fingerprint density at radius 2 is 1.67 bits per heavy atom. The molecule has 4 rings (SSSR count). The summed E-state index contributed by atoms with van der Waals surface area (Å²) in [6.07, 6.45) is 1.25. The molecule has 1 amide bonds.